The van der Waals surface area contributed by atoms with Crippen LogP contribution in [0.15, 0.2) is 36.4 Å². The fourth-order valence-electron chi connectivity index (χ4n) is 2.48. The molecule has 2 unspecified atom stereocenters. The number of methoxy groups -OCH3 is 1. The molecule has 2 aromatic carbocycles. The van der Waals surface area contributed by atoms with Gasteiger partial charge in [0, 0.05) is 11.8 Å². The van der Waals surface area contributed by atoms with E-state index in [0.717, 1.165) is 5.75 Å². The van der Waals surface area contributed by atoms with Gasteiger partial charge >= 0.3 is 0 Å². The van der Waals surface area contributed by atoms with Crippen molar-refractivity contribution in [2.45, 2.75) is 24.8 Å². The molecule has 0 saturated carbocycles. The Bertz CT molecular complexity index is 584. The molecule has 1 aliphatic heterocycles. The lowest BCUT2D eigenvalue weighted by Crippen LogP contribution is -2.24. The van der Waals surface area contributed by atoms with E-state index in [9.17, 15) is 0 Å². The molecule has 1 saturated heterocycles. The summed E-state index contributed by atoms with van der Waals surface area (Å²) < 4.78 is 5.26. The maximum atomic E-state index is 5.26. The fourth-order valence-corrected chi connectivity index (χ4v) is 3.87. The summed E-state index contributed by atoms with van der Waals surface area (Å²) in [5.41, 5.74) is 1.37. The molecule has 3 heteroatoms. The first-order valence-electron chi connectivity index (χ1n) is 6.75. The predicted molar refractivity (Wildman–Crippen MR) is 82.9 cm³/mol. The highest BCUT2D eigenvalue weighted by Gasteiger charge is 2.24. The molecule has 0 amide bonds. The van der Waals surface area contributed by atoms with E-state index in [4.69, 9.17) is 4.74 Å². The van der Waals surface area contributed by atoms with Gasteiger partial charge in [0.05, 0.1) is 12.5 Å². The van der Waals surface area contributed by atoms with Crippen LogP contribution in [0.3, 0.4) is 0 Å². The Morgan fingerprint density at radius 3 is 2.74 bits per heavy atom. The largest absolute Gasteiger partial charge is 0.497 e. The normalized spacial score (nSPS) is 22.8. The molecule has 2 aromatic rings. The average Bonchev–Trinajstić information content (AvgIpc) is 2.95. The van der Waals surface area contributed by atoms with Crippen molar-refractivity contribution in [3.63, 3.8) is 0 Å². The summed E-state index contributed by atoms with van der Waals surface area (Å²) in [4.78, 5) is 0. The van der Waals surface area contributed by atoms with Crippen molar-refractivity contribution in [2.75, 3.05) is 12.9 Å². The summed E-state index contributed by atoms with van der Waals surface area (Å²) in [5, 5.41) is 6.64. The number of benzene rings is 2. The number of hydrogen-bond donors (Lipinski definition) is 1. The van der Waals surface area contributed by atoms with Crippen LogP contribution in [0.5, 0.6) is 5.75 Å². The van der Waals surface area contributed by atoms with Crippen molar-refractivity contribution in [3.05, 3.63) is 42.0 Å². The smallest absolute Gasteiger partial charge is 0.119 e. The Labute approximate surface area is 118 Å². The lowest BCUT2D eigenvalue weighted by molar-refractivity contribution is 0.415. The fraction of sp³-hybridized carbons (Fsp3) is 0.375. The zero-order chi connectivity index (χ0) is 13.2. The topological polar surface area (TPSA) is 21.3 Å². The number of thioether (sulfide) groups is 1. The molecular weight excluding hydrogens is 254 g/mol. The number of hydrogen-bond acceptors (Lipinski definition) is 3. The first-order chi connectivity index (χ1) is 9.30. The van der Waals surface area contributed by atoms with Crippen molar-refractivity contribution in [3.8, 4) is 5.75 Å². The zero-order valence-electron chi connectivity index (χ0n) is 11.3. The zero-order valence-corrected chi connectivity index (χ0v) is 12.2. The minimum Gasteiger partial charge on any atom is -0.497 e. The Morgan fingerprint density at radius 1 is 1.21 bits per heavy atom. The van der Waals surface area contributed by atoms with Crippen LogP contribution < -0.4 is 10.1 Å². The van der Waals surface area contributed by atoms with Crippen LogP contribution in [0.4, 0.5) is 0 Å². The minimum atomic E-state index is 0.441. The minimum absolute atomic E-state index is 0.441. The molecule has 3 rings (SSSR count). The molecule has 0 bridgehead atoms. The van der Waals surface area contributed by atoms with E-state index in [1.165, 1.54) is 28.5 Å². The van der Waals surface area contributed by atoms with Crippen molar-refractivity contribution in [1.82, 2.24) is 5.32 Å². The monoisotopic (exact) mass is 273 g/mol. The highest BCUT2D eigenvalue weighted by atomic mass is 32.2. The van der Waals surface area contributed by atoms with Crippen molar-refractivity contribution >= 4 is 22.5 Å². The lowest BCUT2D eigenvalue weighted by Gasteiger charge is -2.13. The maximum Gasteiger partial charge on any atom is 0.119 e. The molecule has 0 aliphatic carbocycles. The third kappa shape index (κ3) is 2.58. The van der Waals surface area contributed by atoms with Gasteiger partial charge in [0.15, 0.2) is 0 Å². The van der Waals surface area contributed by atoms with Crippen LogP contribution in [0.25, 0.3) is 10.8 Å². The number of nitrogens with one attached hydrogen (secondary N) is 1. The summed E-state index contributed by atoms with van der Waals surface area (Å²) in [6, 6.07) is 13.6. The number of rotatable bonds is 3. The van der Waals surface area contributed by atoms with Gasteiger partial charge in [0.1, 0.15) is 5.75 Å². The summed E-state index contributed by atoms with van der Waals surface area (Å²) in [6.45, 7) is 2.24. The Morgan fingerprint density at radius 2 is 2.00 bits per heavy atom. The number of ether oxygens (including phenoxy) is 1. The Kier molecular flexibility index (Phi) is 3.67. The van der Waals surface area contributed by atoms with Gasteiger partial charge in [-0.15, -0.1) is 11.8 Å². The second kappa shape index (κ2) is 5.43. The molecule has 1 fully saturated rings. The molecule has 1 heterocycles. The SMILES string of the molecule is CCC1CSC(c2ccc3cc(OC)ccc3c2)N1. The van der Waals surface area contributed by atoms with Crippen molar-refractivity contribution in [1.29, 1.82) is 0 Å². The molecule has 0 aromatic heterocycles. The van der Waals surface area contributed by atoms with Gasteiger partial charge in [-0.25, -0.2) is 0 Å². The van der Waals surface area contributed by atoms with E-state index in [1.807, 2.05) is 17.8 Å². The average molecular weight is 273 g/mol. The van der Waals surface area contributed by atoms with E-state index >= 15 is 0 Å². The molecule has 2 atom stereocenters. The first-order valence-corrected chi connectivity index (χ1v) is 7.80. The molecule has 0 radical (unpaired) electrons. The molecule has 100 valence electrons. The molecule has 2 nitrogen and oxygen atoms in total. The molecule has 19 heavy (non-hydrogen) atoms. The third-order valence-electron chi connectivity index (χ3n) is 3.72. The van der Waals surface area contributed by atoms with Gasteiger partial charge in [-0.05, 0) is 41.0 Å². The van der Waals surface area contributed by atoms with Gasteiger partial charge in [-0.3, -0.25) is 5.32 Å². The van der Waals surface area contributed by atoms with E-state index < -0.39 is 0 Å². The Hall–Kier alpha value is -1.19. The van der Waals surface area contributed by atoms with E-state index in [-0.39, 0.29) is 0 Å². The van der Waals surface area contributed by atoms with Crippen molar-refractivity contribution in [2.24, 2.45) is 0 Å². The van der Waals surface area contributed by atoms with E-state index in [0.29, 0.717) is 11.4 Å². The van der Waals surface area contributed by atoms with Crippen LogP contribution in [0, 0.1) is 0 Å². The first kappa shape index (κ1) is 12.8. The predicted octanol–water partition coefficient (Wildman–Crippen LogP) is 3.96. The summed E-state index contributed by atoms with van der Waals surface area (Å²) >= 11 is 2.01. The van der Waals surface area contributed by atoms with Gasteiger partial charge in [-0.2, -0.15) is 0 Å². The summed E-state index contributed by atoms with van der Waals surface area (Å²) in [6.07, 6.45) is 1.20. The van der Waals surface area contributed by atoms with Crippen LogP contribution in [0.1, 0.15) is 24.3 Å². The maximum absolute atomic E-state index is 5.26. The second-order valence-electron chi connectivity index (χ2n) is 4.96. The molecular formula is C16H19NOS. The quantitative estimate of drug-likeness (QED) is 0.914. The number of fused-ring (bicyclic) bond motifs is 1. The van der Waals surface area contributed by atoms with Crippen molar-refractivity contribution < 1.29 is 4.74 Å². The van der Waals surface area contributed by atoms with Gasteiger partial charge in [0.25, 0.3) is 0 Å². The molecule has 1 aliphatic rings. The second-order valence-corrected chi connectivity index (χ2v) is 6.10. The van der Waals surface area contributed by atoms with E-state index in [1.54, 1.807) is 7.11 Å². The van der Waals surface area contributed by atoms with Crippen LogP contribution in [-0.2, 0) is 0 Å². The van der Waals surface area contributed by atoms with Crippen LogP contribution in [0.2, 0.25) is 0 Å². The standard InChI is InChI=1S/C16H19NOS/c1-3-14-10-19-16(17-14)13-5-4-12-9-15(18-2)7-6-11(12)8-13/h4-9,14,16-17H,3,10H2,1-2H3. The molecule has 0 spiro atoms. The van der Waals surface area contributed by atoms with Gasteiger partial charge in [-0.1, -0.05) is 25.1 Å². The van der Waals surface area contributed by atoms with Gasteiger partial charge in [0.2, 0.25) is 0 Å². The summed E-state index contributed by atoms with van der Waals surface area (Å²) in [7, 11) is 1.71. The molecule has 1 N–H and O–H groups in total. The van der Waals surface area contributed by atoms with Gasteiger partial charge < -0.3 is 4.74 Å². The van der Waals surface area contributed by atoms with Crippen LogP contribution >= 0.6 is 11.8 Å². The van der Waals surface area contributed by atoms with E-state index in [2.05, 4.69) is 42.6 Å². The highest BCUT2D eigenvalue weighted by Crippen LogP contribution is 2.35. The summed E-state index contributed by atoms with van der Waals surface area (Å²) in [5.74, 6) is 2.13. The third-order valence-corrected chi connectivity index (χ3v) is 5.05. The lowest BCUT2D eigenvalue weighted by atomic mass is 10.1. The Balaban J connectivity index is 1.90. The van der Waals surface area contributed by atoms with Crippen LogP contribution in [-0.4, -0.2) is 18.9 Å². The highest BCUT2D eigenvalue weighted by molar-refractivity contribution is 7.99.